The summed E-state index contributed by atoms with van der Waals surface area (Å²) in [5, 5.41) is 35.7. The van der Waals surface area contributed by atoms with Crippen LogP contribution in [-0.2, 0) is 10.0 Å². The lowest BCUT2D eigenvalue weighted by molar-refractivity contribution is -0.393. The Kier molecular flexibility index (Phi) is 6.15. The maximum atomic E-state index is 12.7. The summed E-state index contributed by atoms with van der Waals surface area (Å²) in [6.45, 7) is 0. The highest BCUT2D eigenvalue weighted by molar-refractivity contribution is 7.90. The van der Waals surface area contributed by atoms with Gasteiger partial charge in [-0.1, -0.05) is 11.6 Å². The molecular formula is C16H9ClN6O10S. The molecule has 0 unspecified atom stereocenters. The Morgan fingerprint density at radius 1 is 0.971 bits per heavy atom. The lowest BCUT2D eigenvalue weighted by Gasteiger charge is -2.06. The van der Waals surface area contributed by atoms with Crippen LogP contribution in [-0.4, -0.2) is 38.3 Å². The summed E-state index contributed by atoms with van der Waals surface area (Å²) in [6.07, 6.45) is 0. The number of nitrogens with zero attached hydrogens (tertiary/aromatic N) is 5. The summed E-state index contributed by atoms with van der Waals surface area (Å²) in [7, 11) is -4.46. The number of nitrogens with two attached hydrogens (primary N) is 1. The van der Waals surface area contributed by atoms with Crippen molar-refractivity contribution in [2.75, 3.05) is 5.73 Å². The number of aromatic nitrogens is 2. The number of benzene rings is 2. The Labute approximate surface area is 192 Å². The highest BCUT2D eigenvalue weighted by Crippen LogP contribution is 2.35. The highest BCUT2D eigenvalue weighted by Gasteiger charge is 2.29. The Hall–Kier alpha value is -4.64. The lowest BCUT2D eigenvalue weighted by atomic mass is 10.1. The summed E-state index contributed by atoms with van der Waals surface area (Å²) in [5.41, 5.74) is 2.75. The number of nitro groups is 3. The Bertz CT molecular complexity index is 1430. The average Bonchev–Trinajstić information content (AvgIpc) is 3.14. The van der Waals surface area contributed by atoms with Gasteiger partial charge in [0.1, 0.15) is 5.82 Å². The first-order valence-corrected chi connectivity index (χ1v) is 10.3. The van der Waals surface area contributed by atoms with E-state index in [4.69, 9.17) is 22.1 Å². The number of ether oxygens (including phenoxy) is 1. The monoisotopic (exact) mass is 512 g/mol. The van der Waals surface area contributed by atoms with Crippen LogP contribution in [0.1, 0.15) is 10.4 Å². The fraction of sp³-hybridized carbons (Fsp3) is 0. The van der Waals surface area contributed by atoms with Gasteiger partial charge in [-0.15, -0.1) is 9.19 Å². The van der Waals surface area contributed by atoms with Crippen molar-refractivity contribution in [3.05, 3.63) is 83.4 Å². The van der Waals surface area contributed by atoms with Crippen LogP contribution in [0.2, 0.25) is 5.02 Å². The van der Waals surface area contributed by atoms with E-state index in [-0.39, 0.29) is 9.77 Å². The summed E-state index contributed by atoms with van der Waals surface area (Å²) < 4.78 is 30.6. The van der Waals surface area contributed by atoms with Crippen LogP contribution >= 0.6 is 11.6 Å². The van der Waals surface area contributed by atoms with E-state index in [0.29, 0.717) is 12.1 Å². The number of nitro benzene ring substituents is 3. The van der Waals surface area contributed by atoms with Gasteiger partial charge < -0.3 is 10.5 Å². The van der Waals surface area contributed by atoms with E-state index >= 15 is 0 Å². The number of halogens is 1. The predicted octanol–water partition coefficient (Wildman–Crippen LogP) is 2.30. The van der Waals surface area contributed by atoms with Gasteiger partial charge in [0.2, 0.25) is 5.88 Å². The SMILES string of the molecule is Nc1cc(OC(=O)c2cc([N+](=O)[O-])c(Cl)c([N+](=O)[O-])c2)nn1S(=O)(=O)c1ccc([N+](=O)[O-])cc1. The largest absolute Gasteiger partial charge is 0.402 e. The summed E-state index contributed by atoms with van der Waals surface area (Å²) >= 11 is 5.62. The summed E-state index contributed by atoms with van der Waals surface area (Å²) in [6, 6.07) is 5.84. The highest BCUT2D eigenvalue weighted by atomic mass is 35.5. The van der Waals surface area contributed by atoms with Crippen molar-refractivity contribution in [2.24, 2.45) is 0 Å². The van der Waals surface area contributed by atoms with Gasteiger partial charge in [0.05, 0.1) is 25.2 Å². The van der Waals surface area contributed by atoms with Gasteiger partial charge in [0.15, 0.2) is 5.02 Å². The molecule has 34 heavy (non-hydrogen) atoms. The molecule has 0 radical (unpaired) electrons. The topological polar surface area (TPSA) is 234 Å². The Morgan fingerprint density at radius 3 is 1.97 bits per heavy atom. The van der Waals surface area contributed by atoms with E-state index in [2.05, 4.69) is 5.10 Å². The number of hydrogen-bond donors (Lipinski definition) is 1. The molecule has 0 saturated heterocycles. The number of anilines is 1. The second-order valence-electron chi connectivity index (χ2n) is 6.24. The Balaban J connectivity index is 1.94. The zero-order valence-corrected chi connectivity index (χ0v) is 17.8. The van der Waals surface area contributed by atoms with E-state index in [1.54, 1.807) is 0 Å². The minimum absolute atomic E-state index is 0.281. The summed E-state index contributed by atoms with van der Waals surface area (Å²) in [5.74, 6) is -2.54. The third-order valence-electron chi connectivity index (χ3n) is 4.12. The number of nitrogen functional groups attached to an aromatic ring is 1. The predicted molar refractivity (Wildman–Crippen MR) is 112 cm³/mol. The fourth-order valence-corrected chi connectivity index (χ4v) is 4.02. The van der Waals surface area contributed by atoms with Crippen LogP contribution in [0.3, 0.4) is 0 Å². The zero-order valence-electron chi connectivity index (χ0n) is 16.2. The van der Waals surface area contributed by atoms with Crippen molar-refractivity contribution in [2.45, 2.75) is 4.90 Å². The van der Waals surface area contributed by atoms with Crippen LogP contribution in [0.15, 0.2) is 47.4 Å². The molecule has 2 N–H and O–H groups in total. The van der Waals surface area contributed by atoms with Gasteiger partial charge in [-0.25, -0.2) is 4.79 Å². The van der Waals surface area contributed by atoms with Gasteiger partial charge in [-0.2, -0.15) is 8.42 Å². The van der Waals surface area contributed by atoms with Gasteiger partial charge >= 0.3 is 5.97 Å². The molecule has 176 valence electrons. The van der Waals surface area contributed by atoms with Crippen molar-refractivity contribution in [1.29, 1.82) is 0 Å². The molecule has 0 aliphatic heterocycles. The molecule has 1 aromatic heterocycles. The van der Waals surface area contributed by atoms with E-state index < -0.39 is 69.3 Å². The maximum Gasteiger partial charge on any atom is 0.345 e. The number of rotatable bonds is 7. The normalized spacial score (nSPS) is 11.1. The second-order valence-corrected chi connectivity index (χ2v) is 8.38. The molecule has 0 fully saturated rings. The van der Waals surface area contributed by atoms with Gasteiger partial charge in [-0.05, 0) is 12.1 Å². The molecule has 18 heteroatoms. The third kappa shape index (κ3) is 4.45. The molecular weight excluding hydrogens is 504 g/mol. The number of hydrogen-bond acceptors (Lipinski definition) is 12. The molecule has 16 nitrogen and oxygen atoms in total. The lowest BCUT2D eigenvalue weighted by Crippen LogP contribution is -2.17. The van der Waals surface area contributed by atoms with Gasteiger partial charge in [0.25, 0.3) is 27.1 Å². The third-order valence-corrected chi connectivity index (χ3v) is 6.12. The van der Waals surface area contributed by atoms with Crippen molar-refractivity contribution < 1.29 is 32.7 Å². The molecule has 0 atom stereocenters. The summed E-state index contributed by atoms with van der Waals surface area (Å²) in [4.78, 5) is 42.1. The van der Waals surface area contributed by atoms with Crippen molar-refractivity contribution >= 4 is 50.5 Å². The second kappa shape index (κ2) is 8.71. The number of carbonyl (C=O) groups excluding carboxylic acids is 1. The Morgan fingerprint density at radius 2 is 1.50 bits per heavy atom. The van der Waals surface area contributed by atoms with Crippen molar-refractivity contribution in [3.63, 3.8) is 0 Å². The molecule has 2 aromatic carbocycles. The van der Waals surface area contributed by atoms with E-state index in [9.17, 15) is 43.6 Å². The molecule has 0 aliphatic rings. The van der Waals surface area contributed by atoms with Crippen LogP contribution in [0, 0.1) is 30.3 Å². The van der Waals surface area contributed by atoms with E-state index in [1.807, 2.05) is 0 Å². The minimum Gasteiger partial charge on any atom is -0.402 e. The molecule has 0 spiro atoms. The molecule has 3 aromatic rings. The number of non-ortho nitro benzene ring substituents is 1. The zero-order chi connectivity index (χ0) is 25.4. The molecule has 3 rings (SSSR count). The molecule has 0 bridgehead atoms. The number of esters is 1. The van der Waals surface area contributed by atoms with Crippen LogP contribution in [0.4, 0.5) is 22.9 Å². The van der Waals surface area contributed by atoms with E-state index in [1.165, 1.54) is 0 Å². The average molecular weight is 513 g/mol. The fourth-order valence-electron chi connectivity index (χ4n) is 2.57. The molecule has 0 aliphatic carbocycles. The van der Waals surface area contributed by atoms with Crippen LogP contribution < -0.4 is 10.5 Å². The maximum absolute atomic E-state index is 12.7. The molecule has 0 amide bonds. The number of carbonyl (C=O) groups is 1. The first-order valence-electron chi connectivity index (χ1n) is 8.53. The van der Waals surface area contributed by atoms with E-state index in [0.717, 1.165) is 30.3 Å². The van der Waals surface area contributed by atoms with Crippen molar-refractivity contribution in [1.82, 2.24) is 9.19 Å². The minimum atomic E-state index is -4.46. The first-order chi connectivity index (χ1) is 15.8. The van der Waals surface area contributed by atoms with Gasteiger partial charge in [-0.3, -0.25) is 30.3 Å². The van der Waals surface area contributed by atoms with Crippen LogP contribution in [0.25, 0.3) is 0 Å². The quantitative estimate of drug-likeness (QED) is 0.272. The first kappa shape index (κ1) is 24.0. The van der Waals surface area contributed by atoms with Gasteiger partial charge in [0, 0.05) is 30.3 Å². The molecule has 0 saturated carbocycles. The standard InChI is InChI=1S/C16H9ClN6O10S/c17-15-11(22(27)28)5-8(6-12(15)23(29)30)16(24)33-14-7-13(18)20(19-14)34(31,32)10-3-1-9(2-4-10)21(25)26/h1-7H,18H2. The smallest absolute Gasteiger partial charge is 0.345 e. The van der Waals surface area contributed by atoms with Crippen LogP contribution in [0.5, 0.6) is 5.88 Å². The molecule has 1 heterocycles. The van der Waals surface area contributed by atoms with Crippen molar-refractivity contribution in [3.8, 4) is 5.88 Å².